The van der Waals surface area contributed by atoms with Gasteiger partial charge >= 0.3 is 5.63 Å². The molecule has 2 aromatic carbocycles. The van der Waals surface area contributed by atoms with E-state index in [0.29, 0.717) is 16.5 Å². The molecule has 0 bridgehead atoms. The van der Waals surface area contributed by atoms with Gasteiger partial charge in [0, 0.05) is 5.56 Å². The van der Waals surface area contributed by atoms with Crippen LogP contribution in [-0.2, 0) is 12.8 Å². The molecular weight excluding hydrogens is 276 g/mol. The highest BCUT2D eigenvalue weighted by Gasteiger charge is 2.23. The molecule has 1 heterocycles. The van der Waals surface area contributed by atoms with Gasteiger partial charge in [-0.3, -0.25) is 0 Å². The van der Waals surface area contributed by atoms with Crippen LogP contribution >= 0.6 is 0 Å². The normalized spacial score (nSPS) is 17.4. The van der Waals surface area contributed by atoms with Crippen LogP contribution in [0, 0.1) is 0 Å². The zero-order valence-corrected chi connectivity index (χ0v) is 12.1. The van der Waals surface area contributed by atoms with Crippen LogP contribution in [0.25, 0.3) is 11.0 Å². The number of benzene rings is 2. The van der Waals surface area contributed by atoms with E-state index in [0.717, 1.165) is 19.3 Å². The van der Waals surface area contributed by atoms with Crippen LogP contribution in [-0.4, -0.2) is 5.11 Å². The van der Waals surface area contributed by atoms with Crippen molar-refractivity contribution in [3.05, 3.63) is 75.6 Å². The van der Waals surface area contributed by atoms with Crippen LogP contribution in [0.3, 0.4) is 0 Å². The number of aryl methyl sites for hydroxylation is 1. The van der Waals surface area contributed by atoms with Crippen LogP contribution in [0.15, 0.2) is 57.7 Å². The summed E-state index contributed by atoms with van der Waals surface area (Å²) in [6, 6.07) is 15.2. The fraction of sp³-hybridized carbons (Fsp3) is 0.211. The standard InChI is InChI=1S/C19H16O3/c20-17-6-3-7-18-16(17)11-15(19(21)22-18)14-9-8-12-4-1-2-5-13(12)10-14/h1-7,11,14,20H,8-10H2/t14-/m1/s1. The highest BCUT2D eigenvalue weighted by Crippen LogP contribution is 2.33. The second-order valence-electron chi connectivity index (χ2n) is 5.89. The molecule has 3 aromatic rings. The van der Waals surface area contributed by atoms with E-state index in [2.05, 4.69) is 18.2 Å². The molecule has 3 nitrogen and oxygen atoms in total. The molecule has 0 saturated carbocycles. The van der Waals surface area contributed by atoms with Gasteiger partial charge in [-0.15, -0.1) is 0 Å². The van der Waals surface area contributed by atoms with Crippen molar-refractivity contribution in [2.45, 2.75) is 25.2 Å². The predicted octanol–water partition coefficient (Wildman–Crippen LogP) is 3.77. The summed E-state index contributed by atoms with van der Waals surface area (Å²) in [7, 11) is 0. The third-order valence-corrected chi connectivity index (χ3v) is 4.57. The molecule has 1 aromatic heterocycles. The molecule has 0 radical (unpaired) electrons. The third-order valence-electron chi connectivity index (χ3n) is 4.57. The van der Waals surface area contributed by atoms with Crippen molar-refractivity contribution in [2.24, 2.45) is 0 Å². The Morgan fingerprint density at radius 1 is 1.05 bits per heavy atom. The van der Waals surface area contributed by atoms with E-state index in [9.17, 15) is 9.90 Å². The Morgan fingerprint density at radius 3 is 2.73 bits per heavy atom. The van der Waals surface area contributed by atoms with Crippen molar-refractivity contribution < 1.29 is 9.52 Å². The van der Waals surface area contributed by atoms with Gasteiger partial charge < -0.3 is 9.52 Å². The molecule has 0 saturated heterocycles. The highest BCUT2D eigenvalue weighted by atomic mass is 16.4. The SMILES string of the molecule is O=c1oc2cccc(O)c2cc1[C@@H]1CCc2ccccc2C1. The molecule has 3 heteroatoms. The van der Waals surface area contributed by atoms with Crippen LogP contribution < -0.4 is 5.63 Å². The van der Waals surface area contributed by atoms with Crippen molar-refractivity contribution in [3.8, 4) is 5.75 Å². The summed E-state index contributed by atoms with van der Waals surface area (Å²) in [5.41, 5.74) is 3.48. The lowest BCUT2D eigenvalue weighted by Crippen LogP contribution is -2.19. The number of rotatable bonds is 1. The molecule has 0 fully saturated rings. The van der Waals surface area contributed by atoms with Crippen molar-refractivity contribution in [1.82, 2.24) is 0 Å². The Kier molecular flexibility index (Phi) is 3.00. The number of phenols is 1. The maximum absolute atomic E-state index is 12.3. The average Bonchev–Trinajstić information content (AvgIpc) is 2.54. The lowest BCUT2D eigenvalue weighted by Gasteiger charge is -2.24. The summed E-state index contributed by atoms with van der Waals surface area (Å²) in [4.78, 5) is 12.3. The molecule has 1 aliphatic carbocycles. The molecule has 0 spiro atoms. The molecule has 0 unspecified atom stereocenters. The Balaban J connectivity index is 1.80. The maximum atomic E-state index is 12.3. The lowest BCUT2D eigenvalue weighted by atomic mass is 9.80. The first-order valence-corrected chi connectivity index (χ1v) is 7.55. The van der Waals surface area contributed by atoms with E-state index in [1.165, 1.54) is 11.1 Å². The molecule has 22 heavy (non-hydrogen) atoms. The van der Waals surface area contributed by atoms with E-state index in [1.807, 2.05) is 6.07 Å². The minimum atomic E-state index is -0.289. The van der Waals surface area contributed by atoms with Crippen molar-refractivity contribution in [1.29, 1.82) is 0 Å². The molecule has 0 amide bonds. The van der Waals surface area contributed by atoms with Gasteiger partial charge in [0.1, 0.15) is 11.3 Å². The Hall–Kier alpha value is -2.55. The topological polar surface area (TPSA) is 50.4 Å². The monoisotopic (exact) mass is 292 g/mol. The summed E-state index contributed by atoms with van der Waals surface area (Å²) in [5.74, 6) is 0.300. The lowest BCUT2D eigenvalue weighted by molar-refractivity contribution is 0.476. The van der Waals surface area contributed by atoms with E-state index in [1.54, 1.807) is 24.3 Å². The van der Waals surface area contributed by atoms with Gasteiger partial charge in [-0.05, 0) is 54.5 Å². The minimum Gasteiger partial charge on any atom is -0.507 e. The summed E-state index contributed by atoms with van der Waals surface area (Å²) < 4.78 is 5.40. The Labute approximate surface area is 127 Å². The number of fused-ring (bicyclic) bond motifs is 2. The Morgan fingerprint density at radius 2 is 1.86 bits per heavy atom. The van der Waals surface area contributed by atoms with Gasteiger partial charge in [-0.1, -0.05) is 30.3 Å². The summed E-state index contributed by atoms with van der Waals surface area (Å²) in [5, 5.41) is 10.6. The van der Waals surface area contributed by atoms with E-state index < -0.39 is 0 Å². The first-order valence-electron chi connectivity index (χ1n) is 7.55. The molecule has 4 rings (SSSR count). The third kappa shape index (κ3) is 2.10. The summed E-state index contributed by atoms with van der Waals surface area (Å²) in [6.45, 7) is 0. The maximum Gasteiger partial charge on any atom is 0.339 e. The summed E-state index contributed by atoms with van der Waals surface area (Å²) >= 11 is 0. The van der Waals surface area contributed by atoms with E-state index in [-0.39, 0.29) is 17.3 Å². The zero-order valence-electron chi connectivity index (χ0n) is 12.1. The second-order valence-corrected chi connectivity index (χ2v) is 5.89. The summed E-state index contributed by atoms with van der Waals surface area (Å²) in [6.07, 6.45) is 2.75. The van der Waals surface area contributed by atoms with E-state index in [4.69, 9.17) is 4.42 Å². The van der Waals surface area contributed by atoms with Gasteiger partial charge in [0.05, 0.1) is 5.39 Å². The molecule has 0 aliphatic heterocycles. The zero-order chi connectivity index (χ0) is 15.1. The molecule has 1 atom stereocenters. The molecule has 1 aliphatic rings. The molecular formula is C19H16O3. The Bertz CT molecular complexity index is 908. The van der Waals surface area contributed by atoms with Crippen LogP contribution in [0.2, 0.25) is 0 Å². The number of hydrogen-bond acceptors (Lipinski definition) is 3. The molecule has 110 valence electrons. The van der Waals surface area contributed by atoms with Crippen molar-refractivity contribution >= 4 is 11.0 Å². The number of phenolic OH excluding ortho intramolecular Hbond substituents is 1. The highest BCUT2D eigenvalue weighted by molar-refractivity contribution is 5.83. The first kappa shape index (κ1) is 13.1. The van der Waals surface area contributed by atoms with Gasteiger partial charge in [0.15, 0.2) is 0 Å². The minimum absolute atomic E-state index is 0.148. The van der Waals surface area contributed by atoms with Crippen LogP contribution in [0.4, 0.5) is 0 Å². The van der Waals surface area contributed by atoms with Gasteiger partial charge in [-0.25, -0.2) is 4.79 Å². The number of hydrogen-bond donors (Lipinski definition) is 1. The van der Waals surface area contributed by atoms with Crippen LogP contribution in [0.5, 0.6) is 5.75 Å². The quantitative estimate of drug-likeness (QED) is 0.695. The predicted molar refractivity (Wildman–Crippen MR) is 85.4 cm³/mol. The molecule has 1 N–H and O–H groups in total. The van der Waals surface area contributed by atoms with Crippen LogP contribution in [0.1, 0.15) is 29.0 Å². The van der Waals surface area contributed by atoms with Crippen molar-refractivity contribution in [2.75, 3.05) is 0 Å². The number of aromatic hydroxyl groups is 1. The largest absolute Gasteiger partial charge is 0.507 e. The fourth-order valence-electron chi connectivity index (χ4n) is 3.39. The first-order chi connectivity index (χ1) is 10.7. The second kappa shape index (κ2) is 5.02. The van der Waals surface area contributed by atoms with Gasteiger partial charge in [-0.2, -0.15) is 0 Å². The van der Waals surface area contributed by atoms with Gasteiger partial charge in [0.25, 0.3) is 0 Å². The van der Waals surface area contributed by atoms with E-state index >= 15 is 0 Å². The smallest absolute Gasteiger partial charge is 0.339 e. The fourth-order valence-corrected chi connectivity index (χ4v) is 3.39. The van der Waals surface area contributed by atoms with Gasteiger partial charge in [0.2, 0.25) is 0 Å². The average molecular weight is 292 g/mol. The van der Waals surface area contributed by atoms with Crippen molar-refractivity contribution in [3.63, 3.8) is 0 Å².